The van der Waals surface area contributed by atoms with Crippen LogP contribution in [0.4, 0.5) is 0 Å². The summed E-state index contributed by atoms with van der Waals surface area (Å²) in [4.78, 5) is 0. The lowest BCUT2D eigenvalue weighted by Crippen LogP contribution is -2.34. The predicted octanol–water partition coefficient (Wildman–Crippen LogP) is 3.33. The van der Waals surface area contributed by atoms with Crippen LogP contribution in [0.1, 0.15) is 52.4 Å². The molecule has 0 aromatic carbocycles. The number of hydrogen-bond acceptors (Lipinski definition) is 3. The summed E-state index contributed by atoms with van der Waals surface area (Å²) in [7, 11) is 0. The van der Waals surface area contributed by atoms with Crippen molar-refractivity contribution in [2.24, 2.45) is 0 Å². The van der Waals surface area contributed by atoms with E-state index >= 15 is 0 Å². The van der Waals surface area contributed by atoms with Gasteiger partial charge in [-0.3, -0.25) is 5.32 Å². The third-order valence-corrected chi connectivity index (χ3v) is 4.42. The average molecular weight is 240 g/mol. The highest BCUT2D eigenvalue weighted by Gasteiger charge is 2.15. The monoisotopic (exact) mass is 240 g/mol. The Kier molecular flexibility index (Phi) is 6.91. The third kappa shape index (κ3) is 5.77. The van der Waals surface area contributed by atoms with Gasteiger partial charge in [0.1, 0.15) is 0 Å². The van der Waals surface area contributed by atoms with Gasteiger partial charge >= 0.3 is 0 Å². The fourth-order valence-corrected chi connectivity index (χ4v) is 3.54. The normalized spacial score (nSPS) is 19.6. The minimum absolute atomic E-state index is 0.0380. The van der Waals surface area contributed by atoms with Crippen molar-refractivity contribution >= 4 is 11.8 Å². The van der Waals surface area contributed by atoms with Crippen LogP contribution in [0.2, 0.25) is 0 Å². The van der Waals surface area contributed by atoms with E-state index in [1.807, 2.05) is 0 Å². The van der Waals surface area contributed by atoms with E-state index in [-0.39, 0.29) is 6.04 Å². The van der Waals surface area contributed by atoms with Gasteiger partial charge in [0.05, 0.1) is 12.1 Å². The van der Waals surface area contributed by atoms with Crippen LogP contribution >= 0.6 is 11.8 Å². The highest BCUT2D eigenvalue weighted by atomic mass is 32.2. The molecular formula is C13H24N2S. The Balaban J connectivity index is 2.10. The topological polar surface area (TPSA) is 35.8 Å². The fraction of sp³-hybridized carbons (Fsp3) is 0.923. The molecule has 1 fully saturated rings. The molecule has 1 rings (SSSR count). The molecule has 0 bridgehead atoms. The van der Waals surface area contributed by atoms with Crippen molar-refractivity contribution in [3.63, 3.8) is 0 Å². The number of rotatable bonds is 6. The Morgan fingerprint density at radius 3 is 2.56 bits per heavy atom. The molecule has 0 radical (unpaired) electrons. The lowest BCUT2D eigenvalue weighted by molar-refractivity contribution is 0.510. The maximum Gasteiger partial charge on any atom is 0.0962 e. The Hall–Kier alpha value is -0.200. The van der Waals surface area contributed by atoms with Crippen LogP contribution in [0, 0.1) is 11.3 Å². The molecule has 0 saturated heterocycles. The van der Waals surface area contributed by atoms with E-state index < -0.39 is 0 Å². The van der Waals surface area contributed by atoms with Gasteiger partial charge in [0.2, 0.25) is 0 Å². The SMILES string of the molecule is CC(C)NC(C#N)CCSC1CCCCC1. The van der Waals surface area contributed by atoms with Gasteiger partial charge in [0.15, 0.2) is 0 Å². The molecule has 1 aliphatic rings. The lowest BCUT2D eigenvalue weighted by Gasteiger charge is -2.21. The highest BCUT2D eigenvalue weighted by Crippen LogP contribution is 2.28. The summed E-state index contributed by atoms with van der Waals surface area (Å²) in [5, 5.41) is 13.2. The van der Waals surface area contributed by atoms with Crippen LogP contribution in [0.3, 0.4) is 0 Å². The minimum atomic E-state index is 0.0380. The van der Waals surface area contributed by atoms with Crippen LogP contribution in [-0.2, 0) is 0 Å². The summed E-state index contributed by atoms with van der Waals surface area (Å²) in [6.45, 7) is 4.19. The predicted molar refractivity (Wildman–Crippen MR) is 71.6 cm³/mol. The van der Waals surface area contributed by atoms with Crippen LogP contribution < -0.4 is 5.32 Å². The van der Waals surface area contributed by atoms with Crippen molar-refractivity contribution in [1.82, 2.24) is 5.32 Å². The van der Waals surface area contributed by atoms with Crippen molar-refractivity contribution in [2.45, 2.75) is 69.7 Å². The second-order valence-electron chi connectivity index (χ2n) is 4.92. The summed E-state index contributed by atoms with van der Waals surface area (Å²) in [5.74, 6) is 1.13. The molecule has 0 spiro atoms. The molecule has 0 amide bonds. The summed E-state index contributed by atoms with van der Waals surface area (Å²) >= 11 is 2.08. The number of nitrogens with one attached hydrogen (secondary N) is 1. The number of nitriles is 1. The molecule has 92 valence electrons. The first-order valence-corrected chi connectivity index (χ1v) is 7.54. The molecule has 0 heterocycles. The smallest absolute Gasteiger partial charge is 0.0962 e. The average Bonchev–Trinajstić information content (AvgIpc) is 2.28. The zero-order valence-electron chi connectivity index (χ0n) is 10.5. The summed E-state index contributed by atoms with van der Waals surface area (Å²) < 4.78 is 0. The van der Waals surface area contributed by atoms with Crippen LogP contribution in [0.5, 0.6) is 0 Å². The Labute approximate surface area is 104 Å². The number of hydrogen-bond donors (Lipinski definition) is 1. The van der Waals surface area contributed by atoms with Crippen molar-refractivity contribution in [3.05, 3.63) is 0 Å². The van der Waals surface area contributed by atoms with Crippen molar-refractivity contribution in [1.29, 1.82) is 5.26 Å². The van der Waals surface area contributed by atoms with E-state index in [0.29, 0.717) is 6.04 Å². The van der Waals surface area contributed by atoms with Gasteiger partial charge in [-0.1, -0.05) is 19.3 Å². The van der Waals surface area contributed by atoms with E-state index in [9.17, 15) is 0 Å². The Morgan fingerprint density at radius 1 is 1.31 bits per heavy atom. The van der Waals surface area contributed by atoms with Crippen LogP contribution in [-0.4, -0.2) is 23.1 Å². The maximum atomic E-state index is 8.99. The third-order valence-electron chi connectivity index (χ3n) is 3.00. The molecule has 3 heteroatoms. The first-order chi connectivity index (χ1) is 7.72. The summed E-state index contributed by atoms with van der Waals surface area (Å²) in [6, 6.07) is 2.79. The molecular weight excluding hydrogens is 216 g/mol. The van der Waals surface area contributed by atoms with E-state index in [1.54, 1.807) is 0 Å². The highest BCUT2D eigenvalue weighted by molar-refractivity contribution is 7.99. The van der Waals surface area contributed by atoms with Crippen molar-refractivity contribution < 1.29 is 0 Å². The quantitative estimate of drug-likeness (QED) is 0.773. The first-order valence-electron chi connectivity index (χ1n) is 6.49. The number of nitrogens with zero attached hydrogens (tertiary/aromatic N) is 1. The lowest BCUT2D eigenvalue weighted by atomic mass is 10.0. The molecule has 1 saturated carbocycles. The molecule has 1 aliphatic carbocycles. The van der Waals surface area contributed by atoms with Crippen LogP contribution in [0.25, 0.3) is 0 Å². The summed E-state index contributed by atoms with van der Waals surface area (Å²) in [5.41, 5.74) is 0. The zero-order chi connectivity index (χ0) is 11.8. The Morgan fingerprint density at radius 2 is 2.00 bits per heavy atom. The van der Waals surface area contributed by atoms with E-state index in [1.165, 1.54) is 32.1 Å². The minimum Gasteiger partial charge on any atom is -0.300 e. The second-order valence-corrected chi connectivity index (χ2v) is 6.33. The van der Waals surface area contributed by atoms with Gasteiger partial charge in [-0.25, -0.2) is 0 Å². The molecule has 1 N–H and O–H groups in total. The number of thioether (sulfide) groups is 1. The van der Waals surface area contributed by atoms with Crippen molar-refractivity contribution in [3.8, 4) is 6.07 Å². The van der Waals surface area contributed by atoms with Gasteiger partial charge in [0.25, 0.3) is 0 Å². The van der Waals surface area contributed by atoms with Gasteiger partial charge in [0, 0.05) is 11.3 Å². The van der Waals surface area contributed by atoms with Gasteiger partial charge < -0.3 is 0 Å². The molecule has 1 atom stereocenters. The zero-order valence-corrected chi connectivity index (χ0v) is 11.4. The van der Waals surface area contributed by atoms with Gasteiger partial charge in [-0.15, -0.1) is 0 Å². The van der Waals surface area contributed by atoms with E-state index in [4.69, 9.17) is 5.26 Å². The first kappa shape index (κ1) is 13.9. The standard InChI is InChI=1S/C13H24N2S/c1-11(2)15-12(10-14)8-9-16-13-6-4-3-5-7-13/h11-13,15H,3-9H2,1-2H3. The second kappa shape index (κ2) is 7.97. The molecule has 2 nitrogen and oxygen atoms in total. The van der Waals surface area contributed by atoms with E-state index in [0.717, 1.165) is 17.4 Å². The molecule has 0 aromatic rings. The fourth-order valence-electron chi connectivity index (χ4n) is 2.17. The van der Waals surface area contributed by atoms with Gasteiger partial charge in [-0.05, 0) is 38.9 Å². The molecule has 1 unspecified atom stereocenters. The molecule has 0 aliphatic heterocycles. The molecule has 0 aromatic heterocycles. The molecule has 16 heavy (non-hydrogen) atoms. The Bertz CT molecular complexity index is 216. The van der Waals surface area contributed by atoms with Crippen molar-refractivity contribution in [2.75, 3.05) is 5.75 Å². The van der Waals surface area contributed by atoms with E-state index in [2.05, 4.69) is 37.0 Å². The summed E-state index contributed by atoms with van der Waals surface area (Å²) in [6.07, 6.45) is 7.99. The maximum absolute atomic E-state index is 8.99. The van der Waals surface area contributed by atoms with Crippen LogP contribution in [0.15, 0.2) is 0 Å². The van der Waals surface area contributed by atoms with Gasteiger partial charge in [-0.2, -0.15) is 17.0 Å². The largest absolute Gasteiger partial charge is 0.300 e.